The molecule has 4 fully saturated rings. The van der Waals surface area contributed by atoms with Gasteiger partial charge in [-0.25, -0.2) is 13.8 Å². The molecule has 2 unspecified atom stereocenters. The number of aromatic nitrogens is 3. The number of fused-ring (bicyclic) bond motifs is 4. The minimum Gasteiger partial charge on any atom is -0.461 e. The molecule has 4 saturated heterocycles. The third-order valence-electron chi connectivity index (χ3n) is 9.75. The molecule has 6 heterocycles. The molecule has 0 radical (unpaired) electrons. The lowest BCUT2D eigenvalue weighted by Crippen LogP contribution is -2.51. The first-order valence-electron chi connectivity index (χ1n) is 15.0. The Morgan fingerprint density at radius 1 is 1.11 bits per heavy atom. The van der Waals surface area contributed by atoms with Crippen molar-refractivity contribution in [2.45, 2.75) is 69.8 Å². The van der Waals surface area contributed by atoms with Gasteiger partial charge in [-0.15, -0.1) is 0 Å². The molecule has 44 heavy (non-hydrogen) atoms. The molecule has 3 N–H and O–H groups in total. The molecule has 2 aromatic heterocycles. The minimum absolute atomic E-state index is 0.0647. The fraction of sp³-hybridized carbons (Fsp3) is 0.567. The van der Waals surface area contributed by atoms with Crippen LogP contribution in [-0.4, -0.2) is 70.3 Å². The Bertz CT molecular complexity index is 1640. The lowest BCUT2D eigenvalue weighted by Gasteiger charge is -2.35. The van der Waals surface area contributed by atoms with Crippen LogP contribution < -0.4 is 20.7 Å². The van der Waals surface area contributed by atoms with E-state index < -0.39 is 46.0 Å². The highest BCUT2D eigenvalue weighted by atomic mass is 35.5. The number of nitrogens with one attached hydrogen (secondary N) is 1. The number of piperazine rings is 1. The number of halogens is 6. The average molecular weight is 638 g/mol. The number of rotatable bonds is 5. The Morgan fingerprint density at radius 3 is 2.55 bits per heavy atom. The topological polar surface area (TPSA) is 92.4 Å². The van der Waals surface area contributed by atoms with Gasteiger partial charge in [0.05, 0.1) is 27.4 Å². The highest BCUT2D eigenvalue weighted by molar-refractivity contribution is 6.34. The Kier molecular flexibility index (Phi) is 7.09. The van der Waals surface area contributed by atoms with Gasteiger partial charge in [0.1, 0.15) is 17.9 Å². The standard InChI is InChI=1S/C30H33ClF5N7O/c1-14-9-29(6-3-7-43(29)10-14)13-44-28-40-24-18(27(41-28)42-11-16-4-5-17(12-42)38-16)8-19(31)20(23(24)33)25-21(30(34,35)36)15(2)22(32)26(37)39-25/h8,14,16-17,38H,3-7,9-13H2,1-2H3,(H2,37,39)/t14-,16?,17?,29+/m1/s1. The van der Waals surface area contributed by atoms with E-state index in [1.54, 1.807) is 0 Å². The maximum atomic E-state index is 16.6. The summed E-state index contributed by atoms with van der Waals surface area (Å²) >= 11 is 6.55. The zero-order valence-electron chi connectivity index (χ0n) is 24.4. The largest absolute Gasteiger partial charge is 0.461 e. The molecule has 4 atom stereocenters. The number of alkyl halides is 3. The van der Waals surface area contributed by atoms with E-state index in [1.165, 1.54) is 6.07 Å². The third kappa shape index (κ3) is 4.82. The van der Waals surface area contributed by atoms with Crippen molar-refractivity contribution in [1.29, 1.82) is 0 Å². The summed E-state index contributed by atoms with van der Waals surface area (Å²) in [6.45, 7) is 6.60. The first kappa shape index (κ1) is 29.7. The van der Waals surface area contributed by atoms with Gasteiger partial charge in [-0.2, -0.15) is 23.1 Å². The maximum absolute atomic E-state index is 16.6. The number of nitrogen functional groups attached to an aromatic ring is 1. The fourth-order valence-electron chi connectivity index (χ4n) is 7.91. The molecule has 3 aromatic rings. The number of hydrogen-bond donors (Lipinski definition) is 2. The second-order valence-corrected chi connectivity index (χ2v) is 13.3. The van der Waals surface area contributed by atoms with Crippen molar-refractivity contribution in [2.24, 2.45) is 5.92 Å². The summed E-state index contributed by atoms with van der Waals surface area (Å²) in [5.41, 5.74) is 1.39. The van der Waals surface area contributed by atoms with Gasteiger partial charge in [0.2, 0.25) is 0 Å². The minimum atomic E-state index is -5.07. The quantitative estimate of drug-likeness (QED) is 0.343. The van der Waals surface area contributed by atoms with Crippen LogP contribution in [0.2, 0.25) is 5.02 Å². The molecule has 8 nitrogen and oxygen atoms in total. The van der Waals surface area contributed by atoms with E-state index >= 15 is 4.39 Å². The molecule has 4 aliphatic heterocycles. The second-order valence-electron chi connectivity index (χ2n) is 12.8. The molecule has 0 aliphatic carbocycles. The summed E-state index contributed by atoms with van der Waals surface area (Å²) in [4.78, 5) is 17.3. The van der Waals surface area contributed by atoms with Crippen LogP contribution >= 0.6 is 11.6 Å². The van der Waals surface area contributed by atoms with Crippen LogP contribution in [0.3, 0.4) is 0 Å². The van der Waals surface area contributed by atoms with Gasteiger partial charge < -0.3 is 20.7 Å². The third-order valence-corrected chi connectivity index (χ3v) is 10.0. The van der Waals surface area contributed by atoms with Crippen molar-refractivity contribution in [1.82, 2.24) is 25.2 Å². The van der Waals surface area contributed by atoms with Crippen molar-refractivity contribution < 1.29 is 26.7 Å². The van der Waals surface area contributed by atoms with Crippen molar-refractivity contribution in [3.05, 3.63) is 33.9 Å². The zero-order valence-corrected chi connectivity index (χ0v) is 25.1. The molecular weight excluding hydrogens is 605 g/mol. The van der Waals surface area contributed by atoms with Gasteiger partial charge in [0, 0.05) is 42.7 Å². The summed E-state index contributed by atoms with van der Waals surface area (Å²) in [5.74, 6) is -2.36. The maximum Gasteiger partial charge on any atom is 0.418 e. The van der Waals surface area contributed by atoms with E-state index in [0.29, 0.717) is 31.4 Å². The van der Waals surface area contributed by atoms with E-state index in [4.69, 9.17) is 27.1 Å². The van der Waals surface area contributed by atoms with Crippen LogP contribution in [0.15, 0.2) is 6.07 Å². The number of hydrogen-bond acceptors (Lipinski definition) is 8. The predicted molar refractivity (Wildman–Crippen MR) is 157 cm³/mol. The van der Waals surface area contributed by atoms with Gasteiger partial charge in [-0.05, 0) is 57.6 Å². The van der Waals surface area contributed by atoms with E-state index in [1.807, 2.05) is 4.90 Å². The van der Waals surface area contributed by atoms with Gasteiger partial charge in [0.15, 0.2) is 17.5 Å². The molecule has 7 rings (SSSR count). The lowest BCUT2D eigenvalue weighted by atomic mass is 9.92. The van der Waals surface area contributed by atoms with E-state index in [2.05, 4.69) is 27.1 Å². The highest BCUT2D eigenvalue weighted by Crippen LogP contribution is 2.46. The molecule has 0 spiro atoms. The molecule has 236 valence electrons. The number of nitrogens with two attached hydrogens (primary N) is 1. The summed E-state index contributed by atoms with van der Waals surface area (Å²) in [6, 6.07) is 1.73. The SMILES string of the molecule is Cc1c(F)c(N)nc(-c2c(Cl)cc3c(N4CC5CCC(C4)N5)nc(OC[C@@]45CCCN4C[C@H](C)C5)nc3c2F)c1C(F)(F)F. The van der Waals surface area contributed by atoms with Crippen LogP contribution in [0.4, 0.5) is 33.6 Å². The zero-order chi connectivity index (χ0) is 31.1. The number of anilines is 2. The Morgan fingerprint density at radius 2 is 1.84 bits per heavy atom. The number of nitrogens with zero attached hydrogens (tertiary/aromatic N) is 5. The van der Waals surface area contributed by atoms with E-state index in [0.717, 1.165) is 52.1 Å². The van der Waals surface area contributed by atoms with Crippen LogP contribution in [-0.2, 0) is 6.18 Å². The van der Waals surface area contributed by atoms with E-state index in [9.17, 15) is 17.6 Å². The first-order valence-corrected chi connectivity index (χ1v) is 15.3. The fourth-order valence-corrected chi connectivity index (χ4v) is 8.19. The van der Waals surface area contributed by atoms with Gasteiger partial charge in [-0.3, -0.25) is 4.90 Å². The number of ether oxygens (including phenoxy) is 1. The van der Waals surface area contributed by atoms with Crippen LogP contribution in [0.25, 0.3) is 22.2 Å². The van der Waals surface area contributed by atoms with Gasteiger partial charge >= 0.3 is 12.2 Å². The first-order chi connectivity index (χ1) is 20.8. The Hall–Kier alpha value is -3.03. The highest BCUT2D eigenvalue weighted by Gasteiger charge is 2.48. The number of benzene rings is 1. The summed E-state index contributed by atoms with van der Waals surface area (Å²) in [7, 11) is 0. The van der Waals surface area contributed by atoms with Crippen molar-refractivity contribution in [3.63, 3.8) is 0 Å². The van der Waals surface area contributed by atoms with Crippen molar-refractivity contribution in [2.75, 3.05) is 43.4 Å². The molecule has 4 aliphatic rings. The average Bonchev–Trinajstić information content (AvgIpc) is 3.60. The predicted octanol–water partition coefficient (Wildman–Crippen LogP) is 5.73. The smallest absolute Gasteiger partial charge is 0.418 e. The van der Waals surface area contributed by atoms with Crippen LogP contribution in [0, 0.1) is 24.5 Å². The Labute approximate surface area is 256 Å². The molecule has 1 aromatic carbocycles. The second kappa shape index (κ2) is 10.5. The molecule has 2 bridgehead atoms. The van der Waals surface area contributed by atoms with Gasteiger partial charge in [-0.1, -0.05) is 18.5 Å². The normalized spacial score (nSPS) is 27.0. The van der Waals surface area contributed by atoms with Crippen molar-refractivity contribution >= 4 is 34.1 Å². The van der Waals surface area contributed by atoms with Crippen LogP contribution in [0.1, 0.15) is 50.2 Å². The summed E-state index contributed by atoms with van der Waals surface area (Å²) in [5, 5.41) is 3.44. The summed E-state index contributed by atoms with van der Waals surface area (Å²) < 4.78 is 80.1. The number of pyridine rings is 1. The molecule has 0 amide bonds. The lowest BCUT2D eigenvalue weighted by molar-refractivity contribution is -0.137. The van der Waals surface area contributed by atoms with Gasteiger partial charge in [0.25, 0.3) is 0 Å². The van der Waals surface area contributed by atoms with Crippen molar-refractivity contribution in [3.8, 4) is 17.3 Å². The van der Waals surface area contributed by atoms with E-state index in [-0.39, 0.29) is 39.6 Å². The van der Waals surface area contributed by atoms with Crippen LogP contribution in [0.5, 0.6) is 6.01 Å². The molecule has 14 heteroatoms. The summed E-state index contributed by atoms with van der Waals surface area (Å²) in [6.07, 6.45) is -0.123. The molecule has 0 saturated carbocycles. The monoisotopic (exact) mass is 637 g/mol. The Balaban J connectivity index is 1.39. The molecular formula is C30H33ClF5N7O.